The maximum atomic E-state index is 12.2. The normalized spacial score (nSPS) is 15.8. The van der Waals surface area contributed by atoms with E-state index in [1.165, 1.54) is 25.6 Å². The Kier molecular flexibility index (Phi) is 4.28. The van der Waals surface area contributed by atoms with Crippen molar-refractivity contribution in [3.63, 3.8) is 0 Å². The number of hydrogen-bond donors (Lipinski definition) is 1. The molecule has 2 aromatic rings. The van der Waals surface area contributed by atoms with Crippen molar-refractivity contribution in [2.24, 2.45) is 5.92 Å². The molecule has 1 aromatic heterocycles. The van der Waals surface area contributed by atoms with Crippen molar-refractivity contribution < 1.29 is 4.79 Å². The van der Waals surface area contributed by atoms with Crippen LogP contribution < -0.4 is 5.32 Å². The zero-order valence-corrected chi connectivity index (χ0v) is 12.0. The Morgan fingerprint density at radius 3 is 2.62 bits per heavy atom. The van der Waals surface area contributed by atoms with Gasteiger partial charge in [0.1, 0.15) is 12.7 Å². The third-order valence-corrected chi connectivity index (χ3v) is 4.01. The van der Waals surface area contributed by atoms with Crippen LogP contribution in [0, 0.1) is 5.92 Å². The summed E-state index contributed by atoms with van der Waals surface area (Å²) < 4.78 is 1.77. The number of benzene rings is 1. The minimum Gasteiger partial charge on any atom is -0.326 e. The van der Waals surface area contributed by atoms with E-state index in [9.17, 15) is 4.79 Å². The molecule has 0 atom stereocenters. The Bertz CT molecular complexity index is 571. The first kappa shape index (κ1) is 13.8. The minimum absolute atomic E-state index is 0.165. The molecule has 5 nitrogen and oxygen atoms in total. The first-order valence-electron chi connectivity index (χ1n) is 7.53. The van der Waals surface area contributed by atoms with E-state index in [-0.39, 0.29) is 11.8 Å². The van der Waals surface area contributed by atoms with Gasteiger partial charge in [0.05, 0.1) is 6.54 Å². The standard InChI is InChI=1S/C16H20N4O/c21-16(14-4-2-1-3-5-14)19-15-8-6-13(7-9-15)10-20-12-17-11-18-20/h6-9,11-12,14H,1-5,10H2,(H,19,21). The molecule has 1 N–H and O–H groups in total. The van der Waals surface area contributed by atoms with Crippen LogP contribution in [-0.2, 0) is 11.3 Å². The SMILES string of the molecule is O=C(Nc1ccc(Cn2cncn2)cc1)C1CCCCC1. The fourth-order valence-electron chi connectivity index (χ4n) is 2.80. The largest absolute Gasteiger partial charge is 0.326 e. The number of amides is 1. The van der Waals surface area contributed by atoms with Crippen LogP contribution in [0.2, 0.25) is 0 Å². The molecule has 5 heteroatoms. The van der Waals surface area contributed by atoms with Crippen molar-refractivity contribution in [2.45, 2.75) is 38.6 Å². The van der Waals surface area contributed by atoms with Crippen LogP contribution in [0.25, 0.3) is 0 Å². The summed E-state index contributed by atoms with van der Waals surface area (Å²) in [5, 5.41) is 7.10. The van der Waals surface area contributed by atoms with E-state index < -0.39 is 0 Å². The zero-order chi connectivity index (χ0) is 14.5. The lowest BCUT2D eigenvalue weighted by molar-refractivity contribution is -0.120. The summed E-state index contributed by atoms with van der Waals surface area (Å²) in [6.45, 7) is 0.691. The van der Waals surface area contributed by atoms with Gasteiger partial charge in [0.2, 0.25) is 5.91 Å². The van der Waals surface area contributed by atoms with Gasteiger partial charge in [-0.25, -0.2) is 9.67 Å². The van der Waals surface area contributed by atoms with Crippen molar-refractivity contribution in [3.8, 4) is 0 Å². The molecule has 1 amide bonds. The van der Waals surface area contributed by atoms with Gasteiger partial charge in [0, 0.05) is 11.6 Å². The van der Waals surface area contributed by atoms with E-state index in [4.69, 9.17) is 0 Å². The van der Waals surface area contributed by atoms with Gasteiger partial charge < -0.3 is 5.32 Å². The van der Waals surface area contributed by atoms with E-state index >= 15 is 0 Å². The Morgan fingerprint density at radius 1 is 1.19 bits per heavy atom. The number of nitrogens with zero attached hydrogens (tertiary/aromatic N) is 3. The summed E-state index contributed by atoms with van der Waals surface area (Å²) in [6, 6.07) is 7.93. The smallest absolute Gasteiger partial charge is 0.227 e. The third-order valence-electron chi connectivity index (χ3n) is 4.01. The van der Waals surface area contributed by atoms with Crippen LogP contribution >= 0.6 is 0 Å². The van der Waals surface area contributed by atoms with Crippen LogP contribution in [0.3, 0.4) is 0 Å². The predicted molar refractivity (Wildman–Crippen MR) is 80.8 cm³/mol. The summed E-state index contributed by atoms with van der Waals surface area (Å²) in [4.78, 5) is 16.1. The van der Waals surface area contributed by atoms with Gasteiger partial charge in [-0.05, 0) is 30.5 Å². The quantitative estimate of drug-likeness (QED) is 0.939. The molecular weight excluding hydrogens is 264 g/mol. The topological polar surface area (TPSA) is 59.8 Å². The predicted octanol–water partition coefficient (Wildman–Crippen LogP) is 2.85. The summed E-state index contributed by atoms with van der Waals surface area (Å²) in [5.41, 5.74) is 2.00. The Morgan fingerprint density at radius 2 is 1.95 bits per heavy atom. The second-order valence-corrected chi connectivity index (χ2v) is 5.61. The number of anilines is 1. The molecule has 1 aromatic carbocycles. The lowest BCUT2D eigenvalue weighted by Crippen LogP contribution is -2.24. The Hall–Kier alpha value is -2.17. The Labute approximate surface area is 124 Å². The van der Waals surface area contributed by atoms with Gasteiger partial charge in [-0.3, -0.25) is 4.79 Å². The summed E-state index contributed by atoms with van der Waals surface area (Å²) in [5.74, 6) is 0.354. The number of carbonyl (C=O) groups is 1. The van der Waals surface area contributed by atoms with Crippen molar-refractivity contribution in [2.75, 3.05) is 5.32 Å². The van der Waals surface area contributed by atoms with Crippen LogP contribution in [0.5, 0.6) is 0 Å². The van der Waals surface area contributed by atoms with E-state index in [2.05, 4.69) is 15.4 Å². The molecule has 3 rings (SSSR count). The highest BCUT2D eigenvalue weighted by atomic mass is 16.1. The molecule has 1 saturated carbocycles. The lowest BCUT2D eigenvalue weighted by Gasteiger charge is -2.20. The van der Waals surface area contributed by atoms with Crippen LogP contribution in [0.15, 0.2) is 36.9 Å². The number of carbonyl (C=O) groups excluding carboxylic acids is 1. The van der Waals surface area contributed by atoms with Gasteiger partial charge in [0.15, 0.2) is 0 Å². The van der Waals surface area contributed by atoms with E-state index in [1.807, 2.05) is 24.3 Å². The molecular formula is C16H20N4O. The average Bonchev–Trinajstić information content (AvgIpc) is 3.03. The molecule has 110 valence electrons. The molecule has 0 aliphatic heterocycles. The van der Waals surface area contributed by atoms with Gasteiger partial charge in [-0.2, -0.15) is 5.10 Å². The first-order valence-corrected chi connectivity index (χ1v) is 7.53. The summed E-state index contributed by atoms with van der Waals surface area (Å²) >= 11 is 0. The van der Waals surface area contributed by atoms with Crippen molar-refractivity contribution in [1.82, 2.24) is 14.8 Å². The van der Waals surface area contributed by atoms with Crippen molar-refractivity contribution in [1.29, 1.82) is 0 Å². The molecule has 1 fully saturated rings. The monoisotopic (exact) mass is 284 g/mol. The highest BCUT2D eigenvalue weighted by Gasteiger charge is 2.20. The minimum atomic E-state index is 0.165. The van der Waals surface area contributed by atoms with E-state index in [1.54, 1.807) is 11.0 Å². The van der Waals surface area contributed by atoms with E-state index in [0.29, 0.717) is 6.54 Å². The maximum absolute atomic E-state index is 12.2. The molecule has 0 bridgehead atoms. The number of hydrogen-bond acceptors (Lipinski definition) is 3. The molecule has 0 saturated heterocycles. The number of rotatable bonds is 4. The van der Waals surface area contributed by atoms with Gasteiger partial charge in [-0.1, -0.05) is 31.4 Å². The van der Waals surface area contributed by atoms with E-state index in [0.717, 1.165) is 24.1 Å². The van der Waals surface area contributed by atoms with Gasteiger partial charge >= 0.3 is 0 Å². The fraction of sp³-hybridized carbons (Fsp3) is 0.438. The van der Waals surface area contributed by atoms with Gasteiger partial charge in [0.25, 0.3) is 0 Å². The molecule has 0 unspecified atom stereocenters. The maximum Gasteiger partial charge on any atom is 0.227 e. The van der Waals surface area contributed by atoms with Gasteiger partial charge in [-0.15, -0.1) is 0 Å². The summed E-state index contributed by atoms with van der Waals surface area (Å²) in [7, 11) is 0. The first-order chi connectivity index (χ1) is 10.3. The highest BCUT2D eigenvalue weighted by molar-refractivity contribution is 5.92. The Balaban J connectivity index is 1.57. The third kappa shape index (κ3) is 3.68. The summed E-state index contributed by atoms with van der Waals surface area (Å²) in [6.07, 6.45) is 8.88. The zero-order valence-electron chi connectivity index (χ0n) is 12.0. The van der Waals surface area contributed by atoms with Crippen LogP contribution in [0.4, 0.5) is 5.69 Å². The molecule has 1 heterocycles. The lowest BCUT2D eigenvalue weighted by atomic mass is 9.88. The number of nitrogens with one attached hydrogen (secondary N) is 1. The van der Waals surface area contributed by atoms with Crippen LogP contribution in [-0.4, -0.2) is 20.7 Å². The van der Waals surface area contributed by atoms with Crippen molar-refractivity contribution in [3.05, 3.63) is 42.5 Å². The second-order valence-electron chi connectivity index (χ2n) is 5.61. The second kappa shape index (κ2) is 6.52. The molecule has 0 radical (unpaired) electrons. The average molecular weight is 284 g/mol. The molecule has 1 aliphatic carbocycles. The van der Waals surface area contributed by atoms with Crippen molar-refractivity contribution >= 4 is 11.6 Å². The molecule has 1 aliphatic rings. The highest BCUT2D eigenvalue weighted by Crippen LogP contribution is 2.25. The van der Waals surface area contributed by atoms with Crippen LogP contribution in [0.1, 0.15) is 37.7 Å². The molecule has 0 spiro atoms. The number of aromatic nitrogens is 3. The fourth-order valence-corrected chi connectivity index (χ4v) is 2.80. The molecule has 21 heavy (non-hydrogen) atoms.